The molecule has 0 radical (unpaired) electrons. The predicted octanol–water partition coefficient (Wildman–Crippen LogP) is 0.788. The summed E-state index contributed by atoms with van der Waals surface area (Å²) in [6.45, 7) is 0. The van der Waals surface area contributed by atoms with E-state index in [4.69, 9.17) is 5.53 Å². The smallest absolute Gasteiger partial charge is 0.229 e. The van der Waals surface area contributed by atoms with Gasteiger partial charge in [0.2, 0.25) is 10.6 Å². The van der Waals surface area contributed by atoms with E-state index in [2.05, 4.69) is 10.0 Å². The Hall–Kier alpha value is -2.28. The van der Waals surface area contributed by atoms with Crippen LogP contribution < -0.4 is 10.0 Å². The van der Waals surface area contributed by atoms with Crippen molar-refractivity contribution in [2.45, 2.75) is 0 Å². The topological polar surface area (TPSA) is 90.4 Å². The monoisotopic (exact) mass is 235 g/mol. The summed E-state index contributed by atoms with van der Waals surface area (Å²) in [6.07, 6.45) is 0. The molecule has 84 valence electrons. The molecule has 1 N–H and O–H groups in total. The van der Waals surface area contributed by atoms with E-state index in [0.29, 0.717) is 0 Å². The number of halogens is 4. The summed E-state index contributed by atoms with van der Waals surface area (Å²) in [5, 5.41) is 12.7. The largest absolute Gasteiger partial charge is 0.545 e. The quantitative estimate of drug-likeness (QED) is 0.355. The molecule has 1 rings (SSSR count). The van der Waals surface area contributed by atoms with Crippen LogP contribution in [0.2, 0.25) is 0 Å². The van der Waals surface area contributed by atoms with Crippen LogP contribution in [0.4, 0.5) is 23.2 Å². The highest BCUT2D eigenvalue weighted by Crippen LogP contribution is 2.29. The van der Waals surface area contributed by atoms with Gasteiger partial charge in [0, 0.05) is 0 Å². The molecule has 0 fully saturated rings. The van der Waals surface area contributed by atoms with Gasteiger partial charge in [0.25, 0.3) is 0 Å². The van der Waals surface area contributed by atoms with Crippen molar-refractivity contribution in [3.05, 3.63) is 28.8 Å². The number of hydrogen-bond donors (Lipinski definition) is 1. The van der Waals surface area contributed by atoms with Gasteiger partial charge in [-0.25, -0.2) is 17.6 Å². The van der Waals surface area contributed by atoms with Gasteiger partial charge in [-0.15, -0.1) is 0 Å². The molecule has 0 saturated heterocycles. The highest BCUT2D eigenvalue weighted by atomic mass is 19.2. The van der Waals surface area contributed by atoms with Gasteiger partial charge >= 0.3 is 0 Å². The van der Waals surface area contributed by atoms with Crippen molar-refractivity contribution in [2.24, 2.45) is 5.11 Å². The number of carbonyl (C=O) groups is 1. The molecule has 0 heterocycles. The molecule has 16 heavy (non-hydrogen) atoms. The first-order chi connectivity index (χ1) is 7.41. The van der Waals surface area contributed by atoms with Crippen LogP contribution in [-0.2, 0) is 0 Å². The maximum atomic E-state index is 12.9. The van der Waals surface area contributed by atoms with Crippen molar-refractivity contribution in [1.82, 2.24) is 4.91 Å². The van der Waals surface area contributed by atoms with Crippen LogP contribution in [0.3, 0.4) is 0 Å². The van der Waals surface area contributed by atoms with Crippen LogP contribution in [0, 0.1) is 28.8 Å². The molecule has 0 spiro atoms. The predicted molar refractivity (Wildman–Crippen MR) is 37.5 cm³/mol. The molecule has 0 atom stereocenters. The van der Waals surface area contributed by atoms with E-state index in [1.54, 1.807) is 0 Å². The van der Waals surface area contributed by atoms with E-state index in [0.717, 1.165) is 0 Å². The Bertz CT molecular complexity index is 463. The number of benzene rings is 1. The molecule has 0 amide bonds. The second-order valence-corrected chi connectivity index (χ2v) is 2.47. The lowest BCUT2D eigenvalue weighted by Crippen LogP contribution is -2.26. The number of rotatable bonds is 2. The normalized spacial score (nSPS) is 9.75. The fourth-order valence-electron chi connectivity index (χ4n) is 0.937. The second kappa shape index (κ2) is 4.07. The molecule has 9 heteroatoms. The molecular weight excluding hydrogens is 234 g/mol. The first-order valence-electron chi connectivity index (χ1n) is 3.56. The summed E-state index contributed by atoms with van der Waals surface area (Å²) < 4.78 is 51.7. The summed E-state index contributed by atoms with van der Waals surface area (Å²) in [5.41, 5.74) is 2.77. The van der Waals surface area contributed by atoms with Crippen LogP contribution in [-0.4, -0.2) is 5.97 Å². The Morgan fingerprint density at radius 2 is 1.56 bits per heavy atom. The Balaban J connectivity index is 3.76. The van der Waals surface area contributed by atoms with Crippen molar-refractivity contribution in [3.63, 3.8) is 0 Å². The molecule has 1 aromatic carbocycles. The molecule has 0 aliphatic heterocycles. The number of carbonyl (C=O) groups excluding carboxylic acids is 1. The van der Waals surface area contributed by atoms with Crippen molar-refractivity contribution in [2.75, 3.05) is 0 Å². The number of carboxylic acid groups (broad SMARTS) is 1. The van der Waals surface area contributed by atoms with Gasteiger partial charge in [-0.05, 0) is 0 Å². The van der Waals surface area contributed by atoms with Crippen molar-refractivity contribution < 1.29 is 27.5 Å². The number of nitrogens with zero attached hydrogens (tertiary/aromatic N) is 2. The molecule has 0 aromatic heterocycles. The first-order valence-corrected chi connectivity index (χ1v) is 3.56. The SMILES string of the molecule is N=[N+]=Nc1c(F)c(F)c(C(=O)[O-])c(F)c1F. The maximum Gasteiger partial charge on any atom is 0.229 e. The van der Waals surface area contributed by atoms with Gasteiger partial charge in [0.05, 0.1) is 11.5 Å². The Labute approximate surface area is 84.5 Å². The summed E-state index contributed by atoms with van der Waals surface area (Å²) in [4.78, 5) is 12.4. The zero-order valence-corrected chi connectivity index (χ0v) is 7.22. The van der Waals surface area contributed by atoms with E-state index >= 15 is 0 Å². The average molecular weight is 235 g/mol. The number of nitrogens with one attached hydrogen (secondary N) is 1. The van der Waals surface area contributed by atoms with E-state index in [-0.39, 0.29) is 0 Å². The minimum Gasteiger partial charge on any atom is -0.545 e. The highest BCUT2D eigenvalue weighted by molar-refractivity contribution is 5.87. The Kier molecular flexibility index (Phi) is 3.00. The lowest BCUT2D eigenvalue weighted by Gasteiger charge is -2.07. The summed E-state index contributed by atoms with van der Waals surface area (Å²) in [6, 6.07) is 0. The Morgan fingerprint density at radius 1 is 1.12 bits per heavy atom. The van der Waals surface area contributed by atoms with E-state index in [1.807, 2.05) is 0 Å². The van der Waals surface area contributed by atoms with Crippen LogP contribution in [0.1, 0.15) is 10.4 Å². The number of hydrogen-bond acceptors (Lipinski definition) is 4. The summed E-state index contributed by atoms with van der Waals surface area (Å²) in [5.74, 6) is -10.9. The third-order valence-electron chi connectivity index (χ3n) is 1.59. The minimum absolute atomic E-state index is 1.52. The molecule has 0 aliphatic carbocycles. The number of carboxylic acids is 1. The molecule has 0 unspecified atom stereocenters. The maximum absolute atomic E-state index is 12.9. The molecule has 1 aromatic rings. The van der Waals surface area contributed by atoms with Crippen molar-refractivity contribution in [1.29, 1.82) is 5.53 Å². The van der Waals surface area contributed by atoms with Gasteiger partial charge < -0.3 is 9.90 Å². The third kappa shape index (κ3) is 1.63. The lowest BCUT2D eigenvalue weighted by molar-refractivity contribution is -0.255. The van der Waals surface area contributed by atoms with Crippen molar-refractivity contribution in [3.8, 4) is 0 Å². The van der Waals surface area contributed by atoms with Crippen LogP contribution in [0.25, 0.3) is 0 Å². The average Bonchev–Trinajstić information content (AvgIpc) is 2.21. The summed E-state index contributed by atoms with van der Waals surface area (Å²) >= 11 is 0. The van der Waals surface area contributed by atoms with Crippen LogP contribution in [0.5, 0.6) is 0 Å². The fraction of sp³-hybridized carbons (Fsp3) is 0. The molecule has 5 nitrogen and oxygen atoms in total. The van der Waals surface area contributed by atoms with Crippen LogP contribution in [0.15, 0.2) is 5.11 Å². The molecular formula is C7HF4N3O2. The van der Waals surface area contributed by atoms with Crippen molar-refractivity contribution >= 4 is 11.7 Å². The van der Waals surface area contributed by atoms with Gasteiger partial charge in [-0.2, -0.15) is 0 Å². The van der Waals surface area contributed by atoms with Crippen LogP contribution >= 0.6 is 0 Å². The lowest BCUT2D eigenvalue weighted by atomic mass is 10.1. The zero-order valence-electron chi connectivity index (χ0n) is 7.22. The fourth-order valence-corrected chi connectivity index (χ4v) is 0.937. The molecule has 0 saturated carbocycles. The zero-order chi connectivity index (χ0) is 12.5. The first kappa shape index (κ1) is 11.8. The standard InChI is InChI=1S/C7HF4N3O2/c8-2-1(7(15)16)3(9)5(11)6(4(2)10)13-14-12/h12H. The molecule has 0 bridgehead atoms. The molecule has 0 aliphatic rings. The van der Waals surface area contributed by atoms with Gasteiger partial charge in [0.1, 0.15) is 5.53 Å². The third-order valence-corrected chi connectivity index (χ3v) is 1.59. The van der Waals surface area contributed by atoms with E-state index in [1.165, 1.54) is 0 Å². The van der Waals surface area contributed by atoms with E-state index < -0.39 is 40.5 Å². The van der Waals surface area contributed by atoms with Gasteiger partial charge in [-0.3, -0.25) is 0 Å². The van der Waals surface area contributed by atoms with Gasteiger partial charge in [-0.1, -0.05) is 0 Å². The second-order valence-electron chi connectivity index (χ2n) is 2.47. The Morgan fingerprint density at radius 3 is 1.88 bits per heavy atom. The minimum atomic E-state index is -2.41. The summed E-state index contributed by atoms with van der Waals surface area (Å²) in [7, 11) is 0. The highest BCUT2D eigenvalue weighted by Gasteiger charge is 2.28. The van der Waals surface area contributed by atoms with E-state index in [9.17, 15) is 27.5 Å². The van der Waals surface area contributed by atoms with Gasteiger partial charge in [0.15, 0.2) is 28.4 Å². The number of aromatic carboxylic acids is 1.